The van der Waals surface area contributed by atoms with Gasteiger partial charge in [0.2, 0.25) is 11.9 Å². The number of halogens is 1. The summed E-state index contributed by atoms with van der Waals surface area (Å²) in [5.74, 6) is -0.115. The molecule has 6 heterocycles. The van der Waals surface area contributed by atoms with Crippen LogP contribution in [0, 0.1) is 0 Å². The number of alkyl halides is 1. The minimum atomic E-state index is -4.16. The van der Waals surface area contributed by atoms with E-state index in [0.717, 1.165) is 4.68 Å². The Morgan fingerprint density at radius 1 is 1.33 bits per heavy atom. The third-order valence-corrected chi connectivity index (χ3v) is 8.53. The lowest BCUT2D eigenvalue weighted by atomic mass is 9.95. The molecule has 0 aliphatic carbocycles. The highest BCUT2D eigenvalue weighted by atomic mass is 32.5. The van der Waals surface area contributed by atoms with Crippen molar-refractivity contribution in [2.75, 3.05) is 31.3 Å². The normalized spacial score (nSPS) is 29.5. The van der Waals surface area contributed by atoms with Gasteiger partial charge in [-0.1, -0.05) is 5.21 Å². The van der Waals surface area contributed by atoms with Crippen LogP contribution in [0.15, 0.2) is 17.3 Å². The van der Waals surface area contributed by atoms with Crippen LogP contribution in [-0.4, -0.2) is 103 Å². The maximum Gasteiger partial charge on any atom is 0.325 e. The molecule has 4 aromatic rings. The van der Waals surface area contributed by atoms with Gasteiger partial charge >= 0.3 is 6.72 Å². The number of rotatable bonds is 9. The first-order chi connectivity index (χ1) is 20.0. The van der Waals surface area contributed by atoms with Crippen molar-refractivity contribution in [3.05, 3.63) is 28.4 Å². The third-order valence-electron chi connectivity index (χ3n) is 6.94. The Labute approximate surface area is 238 Å². The number of fused-ring (bicyclic) bond motifs is 2. The summed E-state index contributed by atoms with van der Waals surface area (Å²) in [5.41, 5.74) is 10.1. The van der Waals surface area contributed by atoms with Gasteiger partial charge in [-0.15, -0.1) is 5.10 Å². The second-order valence-corrected chi connectivity index (χ2v) is 12.6. The van der Waals surface area contributed by atoms with Gasteiger partial charge in [0.05, 0.1) is 37.7 Å². The first-order valence-corrected chi connectivity index (χ1v) is 15.0. The highest BCUT2D eigenvalue weighted by Gasteiger charge is 2.50. The van der Waals surface area contributed by atoms with Crippen molar-refractivity contribution in [3.63, 3.8) is 0 Å². The van der Waals surface area contributed by atoms with Crippen molar-refractivity contribution >= 4 is 47.2 Å². The third kappa shape index (κ3) is 5.23. The monoisotopic (exact) mass is 629 g/mol. The van der Waals surface area contributed by atoms with Crippen molar-refractivity contribution in [2.24, 2.45) is 0 Å². The molecular formula is C20H25FN11O8PS. The number of aliphatic hydroxyl groups excluding tert-OH is 1. The van der Waals surface area contributed by atoms with Gasteiger partial charge in [0.15, 0.2) is 29.2 Å². The van der Waals surface area contributed by atoms with Crippen LogP contribution in [0.25, 0.3) is 16.8 Å². The summed E-state index contributed by atoms with van der Waals surface area (Å²) in [6.07, 6.45) is -4.08. The predicted octanol–water partition coefficient (Wildman–Crippen LogP) is -1.75. The highest BCUT2D eigenvalue weighted by molar-refractivity contribution is 8.07. The molecule has 2 unspecified atom stereocenters. The molecule has 226 valence electrons. The molecule has 4 aromatic heterocycles. The van der Waals surface area contributed by atoms with Crippen LogP contribution in [0.2, 0.25) is 0 Å². The summed E-state index contributed by atoms with van der Waals surface area (Å²) in [5, 5.41) is 32.4. The molecule has 0 bridgehead atoms. The average Bonchev–Trinajstić information content (AvgIpc) is 3.70. The Kier molecular flexibility index (Phi) is 7.40. The lowest BCUT2D eigenvalue weighted by Gasteiger charge is -2.26. The van der Waals surface area contributed by atoms with Gasteiger partial charge in [-0.3, -0.25) is 14.3 Å². The zero-order chi connectivity index (χ0) is 29.8. The number of nitrogens with one attached hydrogen (secondary N) is 1. The summed E-state index contributed by atoms with van der Waals surface area (Å²) >= 11 is 5.11. The lowest BCUT2D eigenvalue weighted by Crippen LogP contribution is -2.33. The maximum absolute atomic E-state index is 15.3. The minimum Gasteiger partial charge on any atom is -0.394 e. The number of nitrogens with zero attached hydrogens (tertiary/aromatic N) is 8. The molecule has 22 heteroatoms. The molecule has 19 nitrogen and oxygen atoms in total. The highest BCUT2D eigenvalue weighted by Crippen LogP contribution is 2.50. The number of anilines is 2. The van der Waals surface area contributed by atoms with Gasteiger partial charge in [-0.2, -0.15) is 19.3 Å². The minimum absolute atomic E-state index is 0.0231. The van der Waals surface area contributed by atoms with Crippen molar-refractivity contribution < 1.29 is 38.0 Å². The van der Waals surface area contributed by atoms with Gasteiger partial charge in [0.25, 0.3) is 5.56 Å². The first-order valence-electron chi connectivity index (χ1n) is 12.4. The lowest BCUT2D eigenvalue weighted by molar-refractivity contribution is -0.0548. The molecule has 2 aliphatic rings. The van der Waals surface area contributed by atoms with Crippen molar-refractivity contribution in [1.29, 1.82) is 0 Å². The van der Waals surface area contributed by atoms with Crippen LogP contribution in [-0.2, 0) is 30.3 Å². The van der Waals surface area contributed by atoms with E-state index >= 15 is 4.39 Å². The first kappa shape index (κ1) is 28.8. The number of hydrogen-bond acceptors (Lipinski definition) is 16. The Morgan fingerprint density at radius 2 is 2.14 bits per heavy atom. The summed E-state index contributed by atoms with van der Waals surface area (Å²) in [7, 11) is 0. The molecule has 8 N–H and O–H groups in total. The number of nitrogen functional groups attached to an aromatic ring is 2. The van der Waals surface area contributed by atoms with E-state index in [1.54, 1.807) is 0 Å². The number of aromatic amines is 1. The molecule has 6 rings (SSSR count). The summed E-state index contributed by atoms with van der Waals surface area (Å²) in [4.78, 5) is 37.2. The molecule has 7 atom stereocenters. The van der Waals surface area contributed by atoms with Crippen LogP contribution in [0.3, 0.4) is 0 Å². The molecule has 2 saturated heterocycles. The molecule has 42 heavy (non-hydrogen) atoms. The summed E-state index contributed by atoms with van der Waals surface area (Å²) < 4.78 is 39.8. The zero-order valence-electron chi connectivity index (χ0n) is 21.4. The van der Waals surface area contributed by atoms with Gasteiger partial charge < -0.3 is 40.6 Å². The number of nitrogens with two attached hydrogens (primary N) is 2. The second kappa shape index (κ2) is 10.8. The molecule has 2 aliphatic heterocycles. The predicted molar refractivity (Wildman–Crippen MR) is 142 cm³/mol. The molecule has 0 radical (unpaired) electrons. The van der Waals surface area contributed by atoms with E-state index in [0.29, 0.717) is 11.2 Å². The van der Waals surface area contributed by atoms with Gasteiger partial charge in [0, 0.05) is 18.4 Å². The molecule has 0 saturated carbocycles. The smallest absolute Gasteiger partial charge is 0.325 e. The fraction of sp³-hybridized carbons (Fsp3) is 0.550. The number of aliphatic hydroxyl groups is 2. The zero-order valence-corrected chi connectivity index (χ0v) is 23.1. The Hall–Kier alpha value is -3.27. The van der Waals surface area contributed by atoms with E-state index < -0.39 is 55.2 Å². The topological polar surface area (TPSA) is 269 Å². The van der Waals surface area contributed by atoms with E-state index in [2.05, 4.69) is 35.3 Å². The Morgan fingerprint density at radius 3 is 2.93 bits per heavy atom. The molecule has 0 spiro atoms. The van der Waals surface area contributed by atoms with Gasteiger partial charge in [0.1, 0.15) is 18.5 Å². The maximum atomic E-state index is 15.3. The molecule has 0 aromatic carbocycles. The van der Waals surface area contributed by atoms with Crippen molar-refractivity contribution in [2.45, 2.75) is 49.2 Å². The largest absolute Gasteiger partial charge is 0.394 e. The number of ether oxygens (including phenoxy) is 2. The summed E-state index contributed by atoms with van der Waals surface area (Å²) in [6.45, 7) is -5.24. The van der Waals surface area contributed by atoms with Gasteiger partial charge in [-0.05, 0) is 11.8 Å². The second-order valence-electron chi connectivity index (χ2n) is 9.77. The number of hydrogen-bond donors (Lipinski definition) is 6. The Balaban J connectivity index is 1.12. The van der Waals surface area contributed by atoms with E-state index in [1.165, 1.54) is 17.0 Å². The Bertz CT molecular complexity index is 1740. The fourth-order valence-corrected chi connectivity index (χ4v) is 6.32. The standard InChI is InChI=1S/C20H25FN11O8PS/c21-11-10(5-33)39-17(31-15-12(29-30-31)16(34)28-18(22)27-15)13(11)40-41(36,42)38-2-1-20(35)3-9(37-6-20)8-4-26-32-14(8)24-7-25-19(32)23/h4,7,9-11,13,17,33,35H,1-3,5-6H2,(H,36,42)(H2,23,24,25)(H3,22,27,28,34)/t9-,10?,11+,13-,17-,20-,41?/m1/s1. The van der Waals surface area contributed by atoms with Crippen molar-refractivity contribution in [1.82, 2.24) is 44.5 Å². The number of H-pyrrole nitrogens is 1. The van der Waals surface area contributed by atoms with Crippen LogP contribution in [0.4, 0.5) is 16.3 Å². The number of aromatic nitrogens is 9. The SMILES string of the molecule is Nc1nc2c(nnn2[C@@H]2OC(CO)[C@H](F)[C@H]2OP(O)(=S)OCC[C@]2(O)CO[C@@H](c3cnn4c(N)ncnc34)C2)c(=O)[nH]1. The van der Waals surface area contributed by atoms with E-state index in [1.807, 2.05) is 0 Å². The quantitative estimate of drug-likeness (QED) is 0.112. The van der Waals surface area contributed by atoms with E-state index in [9.17, 15) is 19.9 Å². The summed E-state index contributed by atoms with van der Waals surface area (Å²) in [6, 6.07) is 0. The van der Waals surface area contributed by atoms with Crippen molar-refractivity contribution in [3.8, 4) is 0 Å². The fourth-order valence-electron chi connectivity index (χ4n) is 4.88. The molecular weight excluding hydrogens is 604 g/mol. The van der Waals surface area contributed by atoms with Crippen LogP contribution < -0.4 is 17.0 Å². The van der Waals surface area contributed by atoms with Crippen LogP contribution in [0.5, 0.6) is 0 Å². The van der Waals surface area contributed by atoms with Crippen LogP contribution >= 0.6 is 6.72 Å². The average molecular weight is 630 g/mol. The molecule has 2 fully saturated rings. The van der Waals surface area contributed by atoms with Crippen LogP contribution in [0.1, 0.15) is 30.7 Å². The van der Waals surface area contributed by atoms with E-state index in [-0.39, 0.29) is 49.1 Å². The van der Waals surface area contributed by atoms with E-state index in [4.69, 9.17) is 41.8 Å². The van der Waals surface area contributed by atoms with Gasteiger partial charge in [-0.25, -0.2) is 14.4 Å². The molecule has 0 amide bonds.